The van der Waals surface area contributed by atoms with Crippen molar-refractivity contribution in [1.29, 1.82) is 0 Å². The molecule has 14 heavy (non-hydrogen) atoms. The summed E-state index contributed by atoms with van der Waals surface area (Å²) in [6.07, 6.45) is 10.4. The van der Waals surface area contributed by atoms with Gasteiger partial charge in [0, 0.05) is 30.4 Å². The normalized spacial score (nSPS) is 13.9. The van der Waals surface area contributed by atoms with Crippen LogP contribution in [0.2, 0.25) is 0 Å². The van der Waals surface area contributed by atoms with Gasteiger partial charge in [-0.25, -0.2) is 0 Å². The Labute approximate surface area is 85.8 Å². The van der Waals surface area contributed by atoms with Crippen LogP contribution < -0.4 is 0 Å². The van der Waals surface area contributed by atoms with Gasteiger partial charge in [0.1, 0.15) is 0 Å². The second kappa shape index (κ2) is 7.92. The van der Waals surface area contributed by atoms with E-state index in [-0.39, 0.29) is 0 Å². The van der Waals surface area contributed by atoms with Gasteiger partial charge in [-0.2, -0.15) is 0 Å². The van der Waals surface area contributed by atoms with E-state index in [9.17, 15) is 0 Å². The number of allylic oxidation sites excluding steroid dienone is 4. The molecule has 0 aliphatic carbocycles. The zero-order valence-corrected chi connectivity index (χ0v) is 8.77. The van der Waals surface area contributed by atoms with Crippen molar-refractivity contribution in [3.8, 4) is 0 Å². The highest BCUT2D eigenvalue weighted by molar-refractivity contribution is 5.86. The molecule has 0 aromatic heterocycles. The Kier molecular flexibility index (Phi) is 6.96. The summed E-state index contributed by atoms with van der Waals surface area (Å²) in [4.78, 5) is 7.98. The molecular formula is C12H16N2. The van der Waals surface area contributed by atoms with Crippen molar-refractivity contribution in [2.24, 2.45) is 9.98 Å². The van der Waals surface area contributed by atoms with E-state index in [1.54, 1.807) is 24.7 Å². The summed E-state index contributed by atoms with van der Waals surface area (Å²) in [5.74, 6) is 0. The molecule has 0 spiro atoms. The van der Waals surface area contributed by atoms with Gasteiger partial charge in [-0.15, -0.1) is 0 Å². The molecule has 2 nitrogen and oxygen atoms in total. The van der Waals surface area contributed by atoms with Crippen LogP contribution in [0.3, 0.4) is 0 Å². The van der Waals surface area contributed by atoms with Gasteiger partial charge < -0.3 is 0 Å². The third-order valence-electron chi connectivity index (χ3n) is 1.55. The summed E-state index contributed by atoms with van der Waals surface area (Å²) < 4.78 is 0. The van der Waals surface area contributed by atoms with Crippen LogP contribution in [0.5, 0.6) is 0 Å². The molecular weight excluding hydrogens is 172 g/mol. The summed E-state index contributed by atoms with van der Waals surface area (Å²) in [5, 5.41) is 0. The predicted octanol–water partition coefficient (Wildman–Crippen LogP) is 3.31. The van der Waals surface area contributed by atoms with Crippen LogP contribution in [0.4, 0.5) is 0 Å². The van der Waals surface area contributed by atoms with Gasteiger partial charge >= 0.3 is 0 Å². The second-order valence-corrected chi connectivity index (χ2v) is 2.40. The van der Waals surface area contributed by atoms with E-state index >= 15 is 0 Å². The first-order valence-corrected chi connectivity index (χ1v) is 4.41. The molecule has 0 aromatic rings. The third kappa shape index (κ3) is 4.36. The molecule has 0 bridgehead atoms. The Morgan fingerprint density at radius 2 is 1.79 bits per heavy atom. The quantitative estimate of drug-likeness (QED) is 0.467. The van der Waals surface area contributed by atoms with E-state index in [0.29, 0.717) is 0 Å². The zero-order chi connectivity index (χ0) is 10.8. The van der Waals surface area contributed by atoms with Crippen molar-refractivity contribution in [3.63, 3.8) is 0 Å². The number of hydrogen-bond acceptors (Lipinski definition) is 2. The molecule has 0 aliphatic heterocycles. The summed E-state index contributed by atoms with van der Waals surface area (Å²) in [7, 11) is 0. The highest BCUT2D eigenvalue weighted by Crippen LogP contribution is 2.09. The Bertz CT molecular complexity index is 304. The lowest BCUT2D eigenvalue weighted by atomic mass is 10.1. The Morgan fingerprint density at radius 1 is 1.07 bits per heavy atom. The number of hydrogen-bond donors (Lipinski definition) is 0. The Morgan fingerprint density at radius 3 is 2.21 bits per heavy atom. The lowest BCUT2D eigenvalue weighted by molar-refractivity contribution is 1.46. The maximum absolute atomic E-state index is 4.03. The standard InChI is InChI=1S/C12H16N2/c1-5-11(9-13-7-3)12(6-2)10-14-8-4/h5-10H,1,4H2,2-3H3/b11-9+,12-6+,13-7?,14-10?. The minimum atomic E-state index is 0.941. The first-order valence-electron chi connectivity index (χ1n) is 4.41. The maximum atomic E-state index is 4.03. The van der Waals surface area contributed by atoms with Crippen LogP contribution in [-0.2, 0) is 0 Å². The third-order valence-corrected chi connectivity index (χ3v) is 1.55. The molecule has 0 fully saturated rings. The summed E-state index contributed by atoms with van der Waals surface area (Å²) in [6, 6.07) is 0. The fourth-order valence-electron chi connectivity index (χ4n) is 0.849. The number of aliphatic imine (C=N–C) groups is 2. The van der Waals surface area contributed by atoms with Gasteiger partial charge in [0.05, 0.1) is 0 Å². The zero-order valence-electron chi connectivity index (χ0n) is 8.77. The van der Waals surface area contributed by atoms with Gasteiger partial charge in [0.25, 0.3) is 0 Å². The van der Waals surface area contributed by atoms with Gasteiger partial charge in [-0.05, 0) is 19.4 Å². The molecule has 0 aromatic carbocycles. The molecule has 0 N–H and O–H groups in total. The van der Waals surface area contributed by atoms with Crippen LogP contribution in [0.1, 0.15) is 13.8 Å². The van der Waals surface area contributed by atoms with Crippen molar-refractivity contribution < 1.29 is 0 Å². The molecule has 0 heterocycles. The summed E-state index contributed by atoms with van der Waals surface area (Å²) in [6.45, 7) is 11.0. The maximum Gasteiger partial charge on any atom is 0.0343 e. The summed E-state index contributed by atoms with van der Waals surface area (Å²) in [5.41, 5.74) is 1.92. The second-order valence-electron chi connectivity index (χ2n) is 2.40. The van der Waals surface area contributed by atoms with Crippen LogP contribution in [0.15, 0.2) is 58.8 Å². The van der Waals surface area contributed by atoms with E-state index in [2.05, 4.69) is 23.1 Å². The molecule has 0 amide bonds. The first-order chi connectivity index (χ1) is 6.79. The molecule has 0 saturated carbocycles. The lowest BCUT2D eigenvalue weighted by Gasteiger charge is -1.99. The molecule has 0 rings (SSSR count). The van der Waals surface area contributed by atoms with E-state index in [0.717, 1.165) is 11.1 Å². The average molecular weight is 188 g/mol. The van der Waals surface area contributed by atoms with Crippen molar-refractivity contribution in [1.82, 2.24) is 0 Å². The van der Waals surface area contributed by atoms with Gasteiger partial charge in [-0.3, -0.25) is 9.98 Å². The van der Waals surface area contributed by atoms with E-state index in [1.807, 2.05) is 19.9 Å². The Hall–Kier alpha value is -1.70. The first kappa shape index (κ1) is 12.3. The van der Waals surface area contributed by atoms with E-state index in [4.69, 9.17) is 0 Å². The van der Waals surface area contributed by atoms with Crippen LogP contribution in [0, 0.1) is 0 Å². The highest BCUT2D eigenvalue weighted by Gasteiger charge is 1.95. The van der Waals surface area contributed by atoms with Gasteiger partial charge in [-0.1, -0.05) is 25.3 Å². The van der Waals surface area contributed by atoms with Crippen LogP contribution >= 0.6 is 0 Å². The fourth-order valence-corrected chi connectivity index (χ4v) is 0.849. The number of rotatable bonds is 5. The van der Waals surface area contributed by atoms with Crippen molar-refractivity contribution in [2.45, 2.75) is 13.8 Å². The SMILES string of the molecule is C=CN=CC(=C\C)/C(C=C)=C/N=CC. The van der Waals surface area contributed by atoms with Crippen LogP contribution in [0.25, 0.3) is 0 Å². The molecule has 0 aliphatic rings. The molecule has 0 atom stereocenters. The highest BCUT2D eigenvalue weighted by atomic mass is 14.7. The molecule has 0 radical (unpaired) electrons. The van der Waals surface area contributed by atoms with Crippen LogP contribution in [-0.4, -0.2) is 12.4 Å². The van der Waals surface area contributed by atoms with Crippen molar-refractivity contribution in [2.75, 3.05) is 0 Å². The molecule has 74 valence electrons. The van der Waals surface area contributed by atoms with E-state index < -0.39 is 0 Å². The monoisotopic (exact) mass is 188 g/mol. The summed E-state index contributed by atoms with van der Waals surface area (Å²) >= 11 is 0. The average Bonchev–Trinajstić information content (AvgIpc) is 2.23. The molecule has 0 unspecified atom stereocenters. The smallest absolute Gasteiger partial charge is 0.0343 e. The van der Waals surface area contributed by atoms with Crippen molar-refractivity contribution in [3.05, 3.63) is 48.9 Å². The lowest BCUT2D eigenvalue weighted by Crippen LogP contribution is -1.87. The minimum absolute atomic E-state index is 0.941. The fraction of sp³-hybridized carbons (Fsp3) is 0.167. The van der Waals surface area contributed by atoms with Crippen molar-refractivity contribution >= 4 is 12.4 Å². The number of nitrogens with zero attached hydrogens (tertiary/aromatic N) is 2. The molecule has 0 saturated heterocycles. The minimum Gasteiger partial charge on any atom is -0.269 e. The topological polar surface area (TPSA) is 24.7 Å². The van der Waals surface area contributed by atoms with E-state index in [1.165, 1.54) is 6.20 Å². The predicted molar refractivity (Wildman–Crippen MR) is 64.9 cm³/mol. The Balaban J connectivity index is 4.89. The molecule has 2 heteroatoms. The van der Waals surface area contributed by atoms with Gasteiger partial charge in [0.15, 0.2) is 0 Å². The largest absolute Gasteiger partial charge is 0.269 e. The van der Waals surface area contributed by atoms with Gasteiger partial charge in [0.2, 0.25) is 0 Å².